The summed E-state index contributed by atoms with van der Waals surface area (Å²) in [7, 11) is 1.64. The third-order valence-corrected chi connectivity index (χ3v) is 2.40. The van der Waals surface area contributed by atoms with E-state index in [1.807, 2.05) is 0 Å². The summed E-state index contributed by atoms with van der Waals surface area (Å²) >= 11 is 0. The van der Waals surface area contributed by atoms with Gasteiger partial charge in [-0.1, -0.05) is 6.07 Å². The maximum absolute atomic E-state index is 13.4. The molecular formula is C11H10F2N2O. The van der Waals surface area contributed by atoms with Crippen LogP contribution in [-0.4, -0.2) is 14.9 Å². The number of rotatable bonds is 2. The molecule has 2 rings (SSSR count). The zero-order valence-corrected chi connectivity index (χ0v) is 8.56. The molecule has 16 heavy (non-hydrogen) atoms. The minimum absolute atomic E-state index is 0.0324. The molecule has 3 nitrogen and oxygen atoms in total. The third kappa shape index (κ3) is 1.81. The largest absolute Gasteiger partial charge is 0.382 e. The molecule has 1 aromatic heterocycles. The lowest BCUT2D eigenvalue weighted by molar-refractivity contribution is 0.204. The lowest BCUT2D eigenvalue weighted by atomic mass is 10.1. The van der Waals surface area contributed by atoms with Gasteiger partial charge in [-0.05, 0) is 12.1 Å². The number of hydrogen-bond acceptors (Lipinski definition) is 2. The Hall–Kier alpha value is -1.75. The Morgan fingerprint density at radius 3 is 2.62 bits per heavy atom. The second-order valence-corrected chi connectivity index (χ2v) is 3.45. The third-order valence-electron chi connectivity index (χ3n) is 2.40. The smallest absolute Gasteiger partial charge is 0.132 e. The first kappa shape index (κ1) is 10.8. The maximum Gasteiger partial charge on any atom is 0.132 e. The first-order chi connectivity index (χ1) is 7.59. The molecule has 1 unspecified atom stereocenters. The fourth-order valence-corrected chi connectivity index (χ4v) is 1.53. The lowest BCUT2D eigenvalue weighted by Crippen LogP contribution is -2.08. The van der Waals surface area contributed by atoms with E-state index >= 15 is 0 Å². The molecule has 1 aromatic carbocycles. The highest BCUT2D eigenvalue weighted by Gasteiger charge is 2.18. The van der Waals surface area contributed by atoms with Crippen LogP contribution in [0.1, 0.15) is 17.4 Å². The van der Waals surface area contributed by atoms with Crippen molar-refractivity contribution in [3.63, 3.8) is 0 Å². The molecule has 1 atom stereocenters. The summed E-state index contributed by atoms with van der Waals surface area (Å²) in [4.78, 5) is 0. The lowest BCUT2D eigenvalue weighted by Gasteiger charge is -2.12. The van der Waals surface area contributed by atoms with Crippen molar-refractivity contribution in [1.82, 2.24) is 9.78 Å². The van der Waals surface area contributed by atoms with Crippen LogP contribution in [0.2, 0.25) is 0 Å². The van der Waals surface area contributed by atoms with Crippen LogP contribution in [0.4, 0.5) is 8.78 Å². The predicted octanol–water partition coefficient (Wildman–Crippen LogP) is 1.78. The molecule has 0 bridgehead atoms. The van der Waals surface area contributed by atoms with Crippen LogP contribution in [0.15, 0.2) is 30.5 Å². The topological polar surface area (TPSA) is 38.0 Å². The summed E-state index contributed by atoms with van der Waals surface area (Å²) in [6, 6.07) is 4.66. The molecule has 84 valence electrons. The summed E-state index contributed by atoms with van der Waals surface area (Å²) in [5.74, 6) is -1.44. The Bertz CT molecular complexity index is 510. The van der Waals surface area contributed by atoms with E-state index in [0.29, 0.717) is 5.69 Å². The Kier molecular flexibility index (Phi) is 2.70. The van der Waals surface area contributed by atoms with Crippen molar-refractivity contribution in [1.29, 1.82) is 0 Å². The van der Waals surface area contributed by atoms with E-state index in [2.05, 4.69) is 5.10 Å². The maximum atomic E-state index is 13.4. The summed E-state index contributed by atoms with van der Waals surface area (Å²) in [5.41, 5.74) is 0.482. The average Bonchev–Trinajstić information content (AvgIpc) is 2.63. The van der Waals surface area contributed by atoms with Crippen molar-refractivity contribution in [3.05, 3.63) is 53.4 Å². The monoisotopic (exact) mass is 224 g/mol. The van der Waals surface area contributed by atoms with Crippen LogP contribution >= 0.6 is 0 Å². The molecule has 0 saturated heterocycles. The number of halogens is 2. The van der Waals surface area contributed by atoms with Gasteiger partial charge in [0.25, 0.3) is 0 Å². The number of aryl methyl sites for hydroxylation is 1. The van der Waals surface area contributed by atoms with Gasteiger partial charge in [0, 0.05) is 24.9 Å². The highest BCUT2D eigenvalue weighted by Crippen LogP contribution is 2.23. The van der Waals surface area contributed by atoms with Gasteiger partial charge in [-0.2, -0.15) is 5.10 Å². The molecule has 0 amide bonds. The molecule has 0 aliphatic rings. The Morgan fingerprint density at radius 1 is 1.31 bits per heavy atom. The summed E-state index contributed by atoms with van der Waals surface area (Å²) in [5, 5.41) is 13.8. The van der Waals surface area contributed by atoms with Crippen molar-refractivity contribution in [3.8, 4) is 0 Å². The molecule has 1 heterocycles. The normalized spacial score (nSPS) is 12.8. The minimum Gasteiger partial charge on any atom is -0.382 e. The van der Waals surface area contributed by atoms with Crippen LogP contribution in [-0.2, 0) is 7.05 Å². The Morgan fingerprint density at radius 2 is 2.06 bits per heavy atom. The van der Waals surface area contributed by atoms with Gasteiger partial charge in [-0.3, -0.25) is 4.68 Å². The van der Waals surface area contributed by atoms with Crippen LogP contribution < -0.4 is 0 Å². The van der Waals surface area contributed by atoms with Crippen molar-refractivity contribution >= 4 is 0 Å². The summed E-state index contributed by atoms with van der Waals surface area (Å²) < 4.78 is 27.5. The first-order valence-corrected chi connectivity index (χ1v) is 4.70. The minimum atomic E-state index is -1.15. The van der Waals surface area contributed by atoms with Gasteiger partial charge < -0.3 is 5.11 Å². The highest BCUT2D eigenvalue weighted by atomic mass is 19.1. The van der Waals surface area contributed by atoms with Crippen molar-refractivity contribution < 1.29 is 13.9 Å². The molecule has 0 aliphatic carbocycles. The Labute approximate surface area is 91.0 Å². The van der Waals surface area contributed by atoms with E-state index < -0.39 is 17.7 Å². The first-order valence-electron chi connectivity index (χ1n) is 4.70. The number of nitrogens with zero attached hydrogens (tertiary/aromatic N) is 2. The Balaban J connectivity index is 2.41. The molecular weight excluding hydrogens is 214 g/mol. The molecule has 0 radical (unpaired) electrons. The number of benzene rings is 1. The highest BCUT2D eigenvalue weighted by molar-refractivity contribution is 5.27. The van der Waals surface area contributed by atoms with Crippen molar-refractivity contribution in [2.24, 2.45) is 7.05 Å². The van der Waals surface area contributed by atoms with Gasteiger partial charge in [0.1, 0.15) is 17.7 Å². The van der Waals surface area contributed by atoms with Crippen molar-refractivity contribution in [2.75, 3.05) is 0 Å². The van der Waals surface area contributed by atoms with Gasteiger partial charge in [-0.25, -0.2) is 8.78 Å². The predicted molar refractivity (Wildman–Crippen MR) is 53.6 cm³/mol. The van der Waals surface area contributed by atoms with E-state index in [4.69, 9.17) is 0 Å². The van der Waals surface area contributed by atoms with E-state index in [0.717, 1.165) is 12.1 Å². The van der Waals surface area contributed by atoms with Gasteiger partial charge >= 0.3 is 0 Å². The summed E-state index contributed by atoms with van der Waals surface area (Å²) in [6.07, 6.45) is 0.355. The van der Waals surface area contributed by atoms with E-state index in [-0.39, 0.29) is 5.56 Å². The zero-order valence-electron chi connectivity index (χ0n) is 8.56. The SMILES string of the molecule is Cn1nccc1C(O)c1ccc(F)cc1F. The van der Waals surface area contributed by atoms with Crippen molar-refractivity contribution in [2.45, 2.75) is 6.10 Å². The average molecular weight is 224 g/mol. The second-order valence-electron chi connectivity index (χ2n) is 3.45. The second kappa shape index (κ2) is 4.02. The van der Waals surface area contributed by atoms with E-state index in [1.54, 1.807) is 13.1 Å². The molecule has 0 saturated carbocycles. The molecule has 0 aliphatic heterocycles. The standard InChI is InChI=1S/C11H10F2N2O/c1-15-10(4-5-14-15)11(16)8-3-2-7(12)6-9(8)13/h2-6,11,16H,1H3. The van der Waals surface area contributed by atoms with Gasteiger partial charge in [0.15, 0.2) is 0 Å². The molecule has 2 aromatic rings. The van der Waals surface area contributed by atoms with Crippen LogP contribution in [0, 0.1) is 11.6 Å². The van der Waals surface area contributed by atoms with E-state index in [1.165, 1.54) is 16.9 Å². The molecule has 0 fully saturated rings. The van der Waals surface area contributed by atoms with Crippen LogP contribution in [0.5, 0.6) is 0 Å². The number of aromatic nitrogens is 2. The van der Waals surface area contributed by atoms with Crippen LogP contribution in [0.25, 0.3) is 0 Å². The van der Waals surface area contributed by atoms with Gasteiger partial charge in [0.2, 0.25) is 0 Å². The summed E-state index contributed by atoms with van der Waals surface area (Å²) in [6.45, 7) is 0. The van der Waals surface area contributed by atoms with E-state index in [9.17, 15) is 13.9 Å². The number of hydrogen-bond donors (Lipinski definition) is 1. The fraction of sp³-hybridized carbons (Fsp3) is 0.182. The molecule has 0 spiro atoms. The number of aliphatic hydroxyl groups is 1. The fourth-order valence-electron chi connectivity index (χ4n) is 1.53. The quantitative estimate of drug-likeness (QED) is 0.844. The van der Waals surface area contributed by atoms with Gasteiger partial charge in [0.05, 0.1) is 5.69 Å². The molecule has 5 heteroatoms. The molecule has 1 N–H and O–H groups in total. The zero-order chi connectivity index (χ0) is 11.7. The van der Waals surface area contributed by atoms with Crippen LogP contribution in [0.3, 0.4) is 0 Å². The van der Waals surface area contributed by atoms with Gasteiger partial charge in [-0.15, -0.1) is 0 Å². The number of aliphatic hydroxyl groups excluding tert-OH is 1.